The van der Waals surface area contributed by atoms with Crippen LogP contribution in [0.4, 0.5) is 16.2 Å². The van der Waals surface area contributed by atoms with E-state index in [-0.39, 0.29) is 108 Å². The Bertz CT molecular complexity index is 832. The molecule has 1 aromatic rings. The molecule has 0 radical (unpaired) electrons. The van der Waals surface area contributed by atoms with Crippen molar-refractivity contribution in [2.24, 2.45) is 11.3 Å². The van der Waals surface area contributed by atoms with Crippen molar-refractivity contribution in [2.45, 2.75) is 37.9 Å². The Hall–Kier alpha value is 0.373. The molecule has 2 saturated carbocycles. The normalized spacial score (nSPS) is 21.5. The van der Waals surface area contributed by atoms with E-state index >= 15 is 0 Å². The Morgan fingerprint density at radius 1 is 1.19 bits per heavy atom. The van der Waals surface area contributed by atoms with Crippen molar-refractivity contribution in [3.63, 3.8) is 0 Å². The number of nitro benzene ring substituents is 1. The molecule has 1 aromatic carbocycles. The summed E-state index contributed by atoms with van der Waals surface area (Å²) >= 11 is 0. The third-order valence-corrected chi connectivity index (χ3v) is 5.99. The molecule has 1 N–H and O–H groups in total. The van der Waals surface area contributed by atoms with Gasteiger partial charge in [0.15, 0.2) is 5.79 Å². The van der Waals surface area contributed by atoms with Gasteiger partial charge in [0.25, 0.3) is 5.69 Å². The van der Waals surface area contributed by atoms with Crippen LogP contribution in [0.15, 0.2) is 18.2 Å². The molecule has 31 heavy (non-hydrogen) atoms. The minimum Gasteiger partial charge on any atom is -0.652 e. The van der Waals surface area contributed by atoms with Crippen molar-refractivity contribution >= 4 is 17.5 Å². The number of carbonyl (C=O) groups is 1. The van der Waals surface area contributed by atoms with Crippen LogP contribution in [0.5, 0.6) is 0 Å². The third kappa shape index (κ3) is 7.69. The maximum absolute atomic E-state index is 11.3. The number of ether oxygens (including phenoxy) is 2. The summed E-state index contributed by atoms with van der Waals surface area (Å²) in [4.78, 5) is 19.2. The zero-order chi connectivity index (χ0) is 21.1. The SMILES string of the molecule is N#Cc1ccc([N+](=O)[O-])c(NC[C@@H]2CC3(CCC24CC4)OCCO3)c1.O=C([O-])[O-].[K+].[K+]. The van der Waals surface area contributed by atoms with E-state index in [0.29, 0.717) is 42.3 Å². The molecule has 1 aliphatic heterocycles. The fourth-order valence-electron chi connectivity index (χ4n) is 4.34. The standard InChI is InChI=1S/C18H21N3O4.CH2O3.2K/c19-11-13-1-2-16(21(22)23)15(9-13)20-12-14-10-18(24-7-8-25-18)6-5-17(14)3-4-17;2-1(3)4;;/h1-2,9,14,20H,3-8,10,12H2;(H2,2,3,4);;/q;;2*+1/p-2/t14-;;;/m0.../s1. The van der Waals surface area contributed by atoms with Gasteiger partial charge in [-0.2, -0.15) is 5.26 Å². The van der Waals surface area contributed by atoms with E-state index in [9.17, 15) is 10.1 Å². The second-order valence-electron chi connectivity index (χ2n) is 7.60. The summed E-state index contributed by atoms with van der Waals surface area (Å²) in [6, 6.07) is 6.45. The fourth-order valence-corrected chi connectivity index (χ4v) is 4.34. The molecule has 156 valence electrons. The van der Waals surface area contributed by atoms with Gasteiger partial charge in [0, 0.05) is 25.5 Å². The Balaban J connectivity index is 0.000000741. The summed E-state index contributed by atoms with van der Waals surface area (Å²) in [6.45, 7) is 1.91. The van der Waals surface area contributed by atoms with Crippen LogP contribution in [-0.2, 0) is 9.47 Å². The summed E-state index contributed by atoms with van der Waals surface area (Å²) in [7, 11) is 0. The van der Waals surface area contributed by atoms with E-state index < -0.39 is 16.9 Å². The molecule has 4 rings (SSSR count). The number of benzene rings is 1. The number of nitriles is 1. The van der Waals surface area contributed by atoms with Gasteiger partial charge in [-0.05, 0) is 48.9 Å². The monoisotopic (exact) mass is 481 g/mol. The summed E-state index contributed by atoms with van der Waals surface area (Å²) in [6.07, 6.45) is 2.92. The van der Waals surface area contributed by atoms with Gasteiger partial charge in [0.05, 0.1) is 29.8 Å². The number of carboxylic acid groups (broad SMARTS) is 2. The predicted octanol–water partition coefficient (Wildman–Crippen LogP) is -5.24. The Labute approximate surface area is 265 Å². The Morgan fingerprint density at radius 2 is 1.77 bits per heavy atom. The molecule has 0 unspecified atom stereocenters. The molecule has 2 aliphatic carbocycles. The largest absolute Gasteiger partial charge is 1.00 e. The summed E-state index contributed by atoms with van der Waals surface area (Å²) in [5.41, 5.74) is 1.15. The molecule has 1 heterocycles. The zero-order valence-electron chi connectivity index (χ0n) is 17.7. The molecule has 3 aliphatic rings. The van der Waals surface area contributed by atoms with Crippen molar-refractivity contribution < 1.29 is 132 Å². The second-order valence-corrected chi connectivity index (χ2v) is 7.60. The van der Waals surface area contributed by atoms with Crippen LogP contribution >= 0.6 is 0 Å². The van der Waals surface area contributed by atoms with E-state index in [4.69, 9.17) is 29.7 Å². The van der Waals surface area contributed by atoms with Gasteiger partial charge in [0.2, 0.25) is 0 Å². The number of nitro groups is 1. The van der Waals surface area contributed by atoms with Crippen LogP contribution in [0.25, 0.3) is 0 Å². The van der Waals surface area contributed by atoms with Crippen molar-refractivity contribution in [3.05, 3.63) is 33.9 Å². The minimum atomic E-state index is -2.33. The van der Waals surface area contributed by atoms with E-state index in [1.807, 2.05) is 6.07 Å². The molecular formula is C19H21K2N3O7. The molecule has 0 bridgehead atoms. The van der Waals surface area contributed by atoms with Crippen molar-refractivity contribution in [3.8, 4) is 6.07 Å². The first-order valence-corrected chi connectivity index (χ1v) is 9.37. The Kier molecular flexibility index (Phi) is 12.1. The van der Waals surface area contributed by atoms with E-state index in [1.165, 1.54) is 25.0 Å². The molecule has 10 nitrogen and oxygen atoms in total. The molecule has 0 aromatic heterocycles. The number of anilines is 1. The van der Waals surface area contributed by atoms with Crippen LogP contribution in [0, 0.1) is 32.8 Å². The number of hydrogen-bond acceptors (Lipinski definition) is 9. The van der Waals surface area contributed by atoms with Crippen LogP contribution in [0.3, 0.4) is 0 Å². The average molecular weight is 482 g/mol. The van der Waals surface area contributed by atoms with Gasteiger partial charge in [0.1, 0.15) is 5.69 Å². The maximum Gasteiger partial charge on any atom is 1.00 e. The topological polar surface area (TPSA) is 161 Å². The summed E-state index contributed by atoms with van der Waals surface area (Å²) < 4.78 is 11.8. The van der Waals surface area contributed by atoms with Gasteiger partial charge >= 0.3 is 103 Å². The third-order valence-electron chi connectivity index (χ3n) is 5.99. The van der Waals surface area contributed by atoms with E-state index in [2.05, 4.69) is 5.32 Å². The second kappa shape index (κ2) is 12.7. The van der Waals surface area contributed by atoms with Crippen molar-refractivity contribution in [2.75, 3.05) is 25.1 Å². The first-order chi connectivity index (χ1) is 13.8. The van der Waals surface area contributed by atoms with Gasteiger partial charge in [-0.3, -0.25) is 10.1 Å². The number of carbonyl (C=O) groups excluding carboxylic acids is 1. The quantitative estimate of drug-likeness (QED) is 0.252. The maximum atomic E-state index is 11.3. The number of nitrogens with one attached hydrogen (secondary N) is 1. The predicted molar refractivity (Wildman–Crippen MR) is 95.3 cm³/mol. The van der Waals surface area contributed by atoms with Gasteiger partial charge in [-0.1, -0.05) is 0 Å². The van der Waals surface area contributed by atoms with Crippen LogP contribution in [-0.4, -0.2) is 36.6 Å². The molecule has 0 amide bonds. The zero-order valence-corrected chi connectivity index (χ0v) is 24.0. The van der Waals surface area contributed by atoms with Crippen molar-refractivity contribution in [1.29, 1.82) is 5.26 Å². The van der Waals surface area contributed by atoms with E-state index in [1.54, 1.807) is 6.07 Å². The molecule has 1 saturated heterocycles. The molecule has 12 heteroatoms. The summed E-state index contributed by atoms with van der Waals surface area (Å²) in [5, 5.41) is 40.2. The molecular weight excluding hydrogens is 460 g/mol. The van der Waals surface area contributed by atoms with Crippen LogP contribution < -0.4 is 118 Å². The van der Waals surface area contributed by atoms with E-state index in [0.717, 1.165) is 19.3 Å². The summed E-state index contributed by atoms with van der Waals surface area (Å²) in [5.74, 6) is -0.106. The molecule has 3 fully saturated rings. The van der Waals surface area contributed by atoms with Crippen molar-refractivity contribution in [1.82, 2.24) is 0 Å². The molecule has 1 atom stereocenters. The number of hydrogen-bond donors (Lipinski definition) is 1. The van der Waals surface area contributed by atoms with Gasteiger partial charge in [-0.15, -0.1) is 0 Å². The molecule has 2 spiro atoms. The number of nitrogens with zero attached hydrogens (tertiary/aromatic N) is 2. The van der Waals surface area contributed by atoms with Crippen LogP contribution in [0.1, 0.15) is 37.7 Å². The first-order valence-electron chi connectivity index (χ1n) is 9.37. The average Bonchev–Trinajstić information content (AvgIpc) is 3.32. The first kappa shape index (κ1) is 29.4. The van der Waals surface area contributed by atoms with Gasteiger partial charge in [-0.25, -0.2) is 0 Å². The van der Waals surface area contributed by atoms with Crippen LogP contribution in [0.2, 0.25) is 0 Å². The fraction of sp³-hybridized carbons (Fsp3) is 0.579. The smallest absolute Gasteiger partial charge is 0.652 e. The number of rotatable bonds is 4. The Morgan fingerprint density at radius 3 is 2.29 bits per heavy atom. The minimum absolute atomic E-state index is 0. The van der Waals surface area contributed by atoms with Gasteiger partial charge < -0.3 is 29.8 Å².